The highest BCUT2D eigenvalue weighted by Crippen LogP contribution is 2.32. The van der Waals surface area contributed by atoms with Gasteiger partial charge < -0.3 is 24.3 Å². The Bertz CT molecular complexity index is 1070. The molecule has 1 amide bonds. The average Bonchev–Trinajstić information content (AvgIpc) is 3.26. The largest absolute Gasteiger partial charge is 0.495 e. The molecule has 2 aliphatic rings. The van der Waals surface area contributed by atoms with Crippen LogP contribution in [0.25, 0.3) is 0 Å². The van der Waals surface area contributed by atoms with E-state index >= 15 is 0 Å². The van der Waals surface area contributed by atoms with Crippen LogP contribution in [0.4, 0.5) is 0 Å². The van der Waals surface area contributed by atoms with Crippen molar-refractivity contribution in [3.05, 3.63) is 47.5 Å². The Kier molecular flexibility index (Phi) is 6.30. The second-order valence-electron chi connectivity index (χ2n) is 7.14. The number of amides is 1. The maximum atomic E-state index is 13.1. The number of hydrogen-bond donors (Lipinski definition) is 1. The molecule has 4 rings (SSSR count). The second kappa shape index (κ2) is 9.13. The fourth-order valence-electron chi connectivity index (χ4n) is 3.46. The smallest absolute Gasteiger partial charge is 0.246 e. The van der Waals surface area contributed by atoms with Crippen molar-refractivity contribution >= 4 is 15.9 Å². The van der Waals surface area contributed by atoms with E-state index in [0.29, 0.717) is 36.8 Å². The third-order valence-corrected chi connectivity index (χ3v) is 7.03. The van der Waals surface area contributed by atoms with Crippen LogP contribution >= 0.6 is 0 Å². The van der Waals surface area contributed by atoms with Crippen molar-refractivity contribution in [2.45, 2.75) is 17.9 Å². The molecule has 0 aromatic heterocycles. The lowest BCUT2D eigenvalue weighted by Gasteiger charge is -2.26. The molecule has 1 saturated heterocycles. The van der Waals surface area contributed by atoms with Crippen LogP contribution in [0.3, 0.4) is 0 Å². The Morgan fingerprint density at radius 3 is 2.58 bits per heavy atom. The van der Waals surface area contributed by atoms with Gasteiger partial charge in [0.15, 0.2) is 11.5 Å². The molecular weight excluding hydrogens is 424 g/mol. The first-order valence-electron chi connectivity index (χ1n) is 9.87. The minimum atomic E-state index is -3.75. The molecule has 0 unspecified atom stereocenters. The molecule has 0 aliphatic carbocycles. The summed E-state index contributed by atoms with van der Waals surface area (Å²) in [6.45, 7) is 1.79. The highest BCUT2D eigenvalue weighted by molar-refractivity contribution is 7.89. The number of morpholine rings is 1. The van der Waals surface area contributed by atoms with Crippen molar-refractivity contribution < 1.29 is 32.2 Å². The second-order valence-corrected chi connectivity index (χ2v) is 9.05. The van der Waals surface area contributed by atoms with E-state index in [4.69, 9.17) is 18.9 Å². The summed E-state index contributed by atoms with van der Waals surface area (Å²) in [4.78, 5) is 12.5. The summed E-state index contributed by atoms with van der Waals surface area (Å²) in [6.07, 6.45) is 0.0418. The Balaban J connectivity index is 1.44. The van der Waals surface area contributed by atoms with E-state index in [9.17, 15) is 13.2 Å². The van der Waals surface area contributed by atoms with Crippen molar-refractivity contribution in [1.82, 2.24) is 9.62 Å². The molecule has 166 valence electrons. The summed E-state index contributed by atoms with van der Waals surface area (Å²) >= 11 is 0. The fourth-order valence-corrected chi connectivity index (χ4v) is 5.07. The Labute approximate surface area is 180 Å². The van der Waals surface area contributed by atoms with E-state index in [1.807, 2.05) is 12.1 Å². The third kappa shape index (κ3) is 4.76. The molecule has 2 heterocycles. The van der Waals surface area contributed by atoms with E-state index in [1.165, 1.54) is 17.5 Å². The van der Waals surface area contributed by atoms with Gasteiger partial charge in [-0.05, 0) is 35.4 Å². The van der Waals surface area contributed by atoms with E-state index in [2.05, 4.69) is 5.32 Å². The number of methoxy groups -OCH3 is 1. The summed E-state index contributed by atoms with van der Waals surface area (Å²) in [5.74, 6) is 1.36. The topological polar surface area (TPSA) is 103 Å². The van der Waals surface area contributed by atoms with Crippen LogP contribution in [0.15, 0.2) is 41.3 Å². The van der Waals surface area contributed by atoms with Crippen LogP contribution < -0.4 is 19.5 Å². The molecule has 2 aliphatic heterocycles. The minimum absolute atomic E-state index is 0.0418. The normalized spacial score (nSPS) is 16.2. The number of benzene rings is 2. The molecule has 0 atom stereocenters. The van der Waals surface area contributed by atoms with Gasteiger partial charge in [-0.1, -0.05) is 12.1 Å². The first-order valence-corrected chi connectivity index (χ1v) is 11.3. The summed E-state index contributed by atoms with van der Waals surface area (Å²) in [7, 11) is -2.33. The molecule has 1 N–H and O–H groups in total. The number of ether oxygens (including phenoxy) is 4. The number of fused-ring (bicyclic) bond motifs is 1. The number of sulfonamides is 1. The van der Waals surface area contributed by atoms with Crippen molar-refractivity contribution in [2.75, 3.05) is 40.2 Å². The summed E-state index contributed by atoms with van der Waals surface area (Å²) in [5.41, 5.74) is 1.46. The van der Waals surface area contributed by atoms with E-state index < -0.39 is 10.0 Å². The molecular formula is C21H24N2O7S. The standard InChI is InChI=1S/C21H24N2O7S/c1-27-18-5-2-15(11-20(18)31(25,26)23-6-8-28-9-7-23)12-21(24)22-13-16-3-4-17-19(10-16)30-14-29-17/h2-5,10-11H,6-9,12-14H2,1H3,(H,22,24). The predicted octanol–water partition coefficient (Wildman–Crippen LogP) is 1.30. The zero-order valence-electron chi connectivity index (χ0n) is 17.1. The monoisotopic (exact) mass is 448 g/mol. The molecule has 0 saturated carbocycles. The van der Waals surface area contributed by atoms with Crippen LogP contribution in [-0.4, -0.2) is 58.8 Å². The number of nitrogens with one attached hydrogen (secondary N) is 1. The van der Waals surface area contributed by atoms with Crippen LogP contribution in [0.2, 0.25) is 0 Å². The predicted molar refractivity (Wildman–Crippen MR) is 111 cm³/mol. The Morgan fingerprint density at radius 1 is 1.06 bits per heavy atom. The van der Waals surface area contributed by atoms with Gasteiger partial charge in [0.1, 0.15) is 10.6 Å². The lowest BCUT2D eigenvalue weighted by Crippen LogP contribution is -2.40. The molecule has 10 heteroatoms. The lowest BCUT2D eigenvalue weighted by atomic mass is 10.1. The number of nitrogens with zero attached hydrogens (tertiary/aromatic N) is 1. The van der Waals surface area contributed by atoms with Gasteiger partial charge in [-0.3, -0.25) is 4.79 Å². The van der Waals surface area contributed by atoms with E-state index in [1.54, 1.807) is 18.2 Å². The quantitative estimate of drug-likeness (QED) is 0.681. The van der Waals surface area contributed by atoms with Crippen LogP contribution in [0.5, 0.6) is 17.2 Å². The fraction of sp³-hybridized carbons (Fsp3) is 0.381. The maximum absolute atomic E-state index is 13.1. The van der Waals surface area contributed by atoms with Gasteiger partial charge in [-0.2, -0.15) is 4.31 Å². The summed E-state index contributed by atoms with van der Waals surface area (Å²) < 4.78 is 48.7. The molecule has 9 nitrogen and oxygen atoms in total. The molecule has 0 spiro atoms. The molecule has 2 aromatic rings. The van der Waals surface area contributed by atoms with Crippen LogP contribution in [0.1, 0.15) is 11.1 Å². The SMILES string of the molecule is COc1ccc(CC(=O)NCc2ccc3c(c2)OCO3)cc1S(=O)(=O)N1CCOCC1. The highest BCUT2D eigenvalue weighted by Gasteiger charge is 2.29. The zero-order valence-corrected chi connectivity index (χ0v) is 17.9. The highest BCUT2D eigenvalue weighted by atomic mass is 32.2. The van der Waals surface area contributed by atoms with Gasteiger partial charge in [0.05, 0.1) is 26.7 Å². The molecule has 1 fully saturated rings. The van der Waals surface area contributed by atoms with Crippen molar-refractivity contribution in [1.29, 1.82) is 0 Å². The number of carbonyl (C=O) groups is 1. The third-order valence-electron chi connectivity index (χ3n) is 5.11. The molecule has 0 radical (unpaired) electrons. The van der Waals surface area contributed by atoms with Gasteiger partial charge in [0.25, 0.3) is 0 Å². The Morgan fingerprint density at radius 2 is 1.81 bits per heavy atom. The van der Waals surface area contributed by atoms with E-state index in [-0.39, 0.29) is 42.9 Å². The molecule has 31 heavy (non-hydrogen) atoms. The van der Waals surface area contributed by atoms with Gasteiger partial charge in [-0.25, -0.2) is 8.42 Å². The first kappa shape index (κ1) is 21.4. The summed E-state index contributed by atoms with van der Waals surface area (Å²) in [5, 5.41) is 2.85. The van der Waals surface area contributed by atoms with Crippen LogP contribution in [-0.2, 0) is 32.5 Å². The maximum Gasteiger partial charge on any atom is 0.246 e. The van der Waals surface area contributed by atoms with Crippen molar-refractivity contribution in [2.24, 2.45) is 0 Å². The lowest BCUT2D eigenvalue weighted by molar-refractivity contribution is -0.120. The van der Waals surface area contributed by atoms with Crippen molar-refractivity contribution in [3.8, 4) is 17.2 Å². The zero-order chi connectivity index (χ0) is 21.8. The number of rotatable bonds is 7. The number of carbonyl (C=O) groups excluding carboxylic acids is 1. The van der Waals surface area contributed by atoms with E-state index in [0.717, 1.165) is 5.56 Å². The molecule has 2 aromatic carbocycles. The molecule has 0 bridgehead atoms. The van der Waals surface area contributed by atoms with Crippen molar-refractivity contribution in [3.63, 3.8) is 0 Å². The number of hydrogen-bond acceptors (Lipinski definition) is 7. The summed E-state index contributed by atoms with van der Waals surface area (Å²) in [6, 6.07) is 10.3. The van der Waals surface area contributed by atoms with Crippen LogP contribution in [0, 0.1) is 0 Å². The van der Waals surface area contributed by atoms with Gasteiger partial charge >= 0.3 is 0 Å². The minimum Gasteiger partial charge on any atom is -0.495 e. The van der Waals surface area contributed by atoms with Gasteiger partial charge in [0.2, 0.25) is 22.7 Å². The Hall–Kier alpha value is -2.82. The van der Waals surface area contributed by atoms with Gasteiger partial charge in [-0.15, -0.1) is 0 Å². The average molecular weight is 448 g/mol. The first-order chi connectivity index (χ1) is 15.0. The van der Waals surface area contributed by atoms with Gasteiger partial charge in [0, 0.05) is 19.6 Å².